The average molecular weight is 395 g/mol. The Morgan fingerprint density at radius 1 is 1.25 bits per heavy atom. The molecule has 2 saturated heterocycles. The van der Waals surface area contributed by atoms with Crippen molar-refractivity contribution >= 4 is 33.4 Å². The molecule has 0 bridgehead atoms. The van der Waals surface area contributed by atoms with E-state index in [9.17, 15) is 9.59 Å². The number of aromatic nitrogens is 1. The number of carbonyl (C=O) groups is 2. The molecular weight excluding hydrogens is 374 g/mol. The lowest BCUT2D eigenvalue weighted by Gasteiger charge is -2.26. The Hall–Kier alpha value is -2.67. The Bertz CT molecular complexity index is 980. The van der Waals surface area contributed by atoms with Gasteiger partial charge >= 0.3 is 0 Å². The number of benzene rings is 1. The zero-order chi connectivity index (χ0) is 19.1. The van der Waals surface area contributed by atoms with Gasteiger partial charge in [0.25, 0.3) is 0 Å². The standard InChI is InChI=1S/C21H21N3O3S/c25-19-11-14(12-23(19)13-15-5-4-10-27-15)21(26)24-9-3-7-17(24)20-22-16-6-1-2-8-18(16)28-20/h1-2,4-6,8,10,14,17H,3,7,9,11-13H2. The molecule has 2 fully saturated rings. The maximum atomic E-state index is 13.2. The Labute approximate surface area is 166 Å². The molecule has 0 saturated carbocycles. The van der Waals surface area contributed by atoms with Crippen molar-refractivity contribution in [2.75, 3.05) is 13.1 Å². The van der Waals surface area contributed by atoms with Crippen LogP contribution in [-0.4, -0.2) is 39.7 Å². The van der Waals surface area contributed by atoms with E-state index in [0.717, 1.165) is 40.4 Å². The molecule has 1 aromatic carbocycles. The third-order valence-electron chi connectivity index (χ3n) is 5.62. The molecule has 2 aliphatic rings. The first-order chi connectivity index (χ1) is 13.7. The van der Waals surface area contributed by atoms with E-state index in [0.29, 0.717) is 13.1 Å². The number of para-hydroxylation sites is 1. The summed E-state index contributed by atoms with van der Waals surface area (Å²) in [7, 11) is 0. The van der Waals surface area contributed by atoms with Crippen LogP contribution in [0.2, 0.25) is 0 Å². The van der Waals surface area contributed by atoms with Gasteiger partial charge in [-0.1, -0.05) is 12.1 Å². The van der Waals surface area contributed by atoms with E-state index in [-0.39, 0.29) is 30.2 Å². The lowest BCUT2D eigenvalue weighted by atomic mass is 10.1. The fraction of sp³-hybridized carbons (Fsp3) is 0.381. The van der Waals surface area contributed by atoms with E-state index in [1.807, 2.05) is 35.2 Å². The van der Waals surface area contributed by atoms with Crippen molar-refractivity contribution in [3.05, 3.63) is 53.4 Å². The van der Waals surface area contributed by atoms with Crippen molar-refractivity contribution in [3.63, 3.8) is 0 Å². The number of rotatable bonds is 4. The largest absolute Gasteiger partial charge is 0.467 e. The number of thiazole rings is 1. The van der Waals surface area contributed by atoms with Gasteiger partial charge < -0.3 is 14.2 Å². The van der Waals surface area contributed by atoms with E-state index < -0.39 is 0 Å². The van der Waals surface area contributed by atoms with Crippen molar-refractivity contribution in [2.45, 2.75) is 31.8 Å². The number of likely N-dealkylation sites (tertiary alicyclic amines) is 2. The fourth-order valence-electron chi connectivity index (χ4n) is 4.24. The first kappa shape index (κ1) is 17.4. The molecule has 0 N–H and O–H groups in total. The zero-order valence-electron chi connectivity index (χ0n) is 15.4. The second kappa shape index (κ2) is 7.05. The molecule has 28 heavy (non-hydrogen) atoms. The first-order valence-electron chi connectivity index (χ1n) is 9.65. The predicted molar refractivity (Wildman–Crippen MR) is 106 cm³/mol. The van der Waals surface area contributed by atoms with Crippen molar-refractivity contribution in [1.29, 1.82) is 0 Å². The van der Waals surface area contributed by atoms with Crippen LogP contribution in [0.3, 0.4) is 0 Å². The molecule has 2 amide bonds. The lowest BCUT2D eigenvalue weighted by Crippen LogP contribution is -2.37. The minimum Gasteiger partial charge on any atom is -0.467 e. The van der Waals surface area contributed by atoms with Gasteiger partial charge in [-0.15, -0.1) is 11.3 Å². The van der Waals surface area contributed by atoms with Crippen molar-refractivity contribution in [3.8, 4) is 0 Å². The van der Waals surface area contributed by atoms with Gasteiger partial charge in [0.1, 0.15) is 10.8 Å². The maximum Gasteiger partial charge on any atom is 0.228 e. The van der Waals surface area contributed by atoms with Gasteiger partial charge in [0.05, 0.1) is 35.0 Å². The van der Waals surface area contributed by atoms with Crippen LogP contribution < -0.4 is 0 Å². The second-order valence-corrected chi connectivity index (χ2v) is 8.53. The van der Waals surface area contributed by atoms with Crippen LogP contribution in [0.15, 0.2) is 47.1 Å². The average Bonchev–Trinajstić information content (AvgIpc) is 3.48. The van der Waals surface area contributed by atoms with Gasteiger partial charge in [-0.05, 0) is 37.1 Å². The minimum atomic E-state index is -0.280. The molecule has 2 aromatic heterocycles. The highest BCUT2D eigenvalue weighted by Gasteiger charge is 2.41. The number of hydrogen-bond donors (Lipinski definition) is 0. The highest BCUT2D eigenvalue weighted by atomic mass is 32.1. The van der Waals surface area contributed by atoms with Crippen LogP contribution in [0, 0.1) is 5.92 Å². The topological polar surface area (TPSA) is 66.7 Å². The second-order valence-electron chi connectivity index (χ2n) is 7.46. The van der Waals surface area contributed by atoms with E-state index in [1.165, 1.54) is 0 Å². The van der Waals surface area contributed by atoms with Crippen LogP contribution in [0.4, 0.5) is 0 Å². The molecule has 7 heteroatoms. The van der Waals surface area contributed by atoms with Crippen molar-refractivity contribution in [1.82, 2.24) is 14.8 Å². The van der Waals surface area contributed by atoms with Gasteiger partial charge in [0, 0.05) is 19.5 Å². The molecule has 0 spiro atoms. The Balaban J connectivity index is 1.32. The Morgan fingerprint density at radius 2 is 2.14 bits per heavy atom. The molecule has 144 valence electrons. The van der Waals surface area contributed by atoms with Crippen LogP contribution in [0.5, 0.6) is 0 Å². The SMILES string of the molecule is O=C1CC(C(=O)N2CCCC2c2nc3ccccc3s2)CN1Cc1ccco1. The number of carbonyl (C=O) groups excluding carboxylic acids is 2. The monoisotopic (exact) mass is 395 g/mol. The molecule has 5 rings (SSSR count). The Morgan fingerprint density at radius 3 is 2.96 bits per heavy atom. The summed E-state index contributed by atoms with van der Waals surface area (Å²) in [6.45, 7) is 1.63. The summed E-state index contributed by atoms with van der Waals surface area (Å²) >= 11 is 1.67. The zero-order valence-corrected chi connectivity index (χ0v) is 16.2. The molecule has 2 aliphatic heterocycles. The van der Waals surface area contributed by atoms with Gasteiger partial charge in [-0.3, -0.25) is 9.59 Å². The van der Waals surface area contributed by atoms with Crippen LogP contribution in [0.25, 0.3) is 10.2 Å². The van der Waals surface area contributed by atoms with Gasteiger partial charge in [-0.2, -0.15) is 0 Å². The van der Waals surface area contributed by atoms with Crippen LogP contribution in [-0.2, 0) is 16.1 Å². The number of hydrogen-bond acceptors (Lipinski definition) is 5. The highest BCUT2D eigenvalue weighted by Crippen LogP contribution is 2.38. The van der Waals surface area contributed by atoms with E-state index in [2.05, 4.69) is 6.07 Å². The number of nitrogens with zero attached hydrogens (tertiary/aromatic N) is 3. The van der Waals surface area contributed by atoms with Gasteiger partial charge in [0.2, 0.25) is 11.8 Å². The predicted octanol–water partition coefficient (Wildman–Crippen LogP) is 3.60. The molecule has 2 unspecified atom stereocenters. The highest BCUT2D eigenvalue weighted by molar-refractivity contribution is 7.18. The number of amides is 2. The summed E-state index contributed by atoms with van der Waals surface area (Å²) in [6.07, 6.45) is 3.79. The first-order valence-corrected chi connectivity index (χ1v) is 10.5. The number of fused-ring (bicyclic) bond motifs is 1. The minimum absolute atomic E-state index is 0.0190. The quantitative estimate of drug-likeness (QED) is 0.677. The molecule has 0 radical (unpaired) electrons. The maximum absolute atomic E-state index is 13.2. The smallest absolute Gasteiger partial charge is 0.228 e. The van der Waals surface area contributed by atoms with E-state index in [1.54, 1.807) is 22.5 Å². The molecule has 6 nitrogen and oxygen atoms in total. The number of furan rings is 1. The summed E-state index contributed by atoms with van der Waals surface area (Å²) in [6, 6.07) is 11.8. The molecular formula is C21H21N3O3S. The van der Waals surface area contributed by atoms with Crippen molar-refractivity contribution in [2.24, 2.45) is 5.92 Å². The summed E-state index contributed by atoms with van der Waals surface area (Å²) in [4.78, 5) is 34.1. The summed E-state index contributed by atoms with van der Waals surface area (Å²) in [5.41, 5.74) is 0.988. The van der Waals surface area contributed by atoms with Gasteiger partial charge in [-0.25, -0.2) is 4.98 Å². The van der Waals surface area contributed by atoms with Gasteiger partial charge in [0.15, 0.2) is 0 Å². The Kier molecular flexibility index (Phi) is 4.39. The third kappa shape index (κ3) is 3.09. The van der Waals surface area contributed by atoms with Crippen LogP contribution in [0.1, 0.15) is 36.1 Å². The van der Waals surface area contributed by atoms with Crippen molar-refractivity contribution < 1.29 is 14.0 Å². The summed E-state index contributed by atoms with van der Waals surface area (Å²) < 4.78 is 6.50. The summed E-state index contributed by atoms with van der Waals surface area (Å²) in [5, 5.41) is 1.00. The molecule has 2 atom stereocenters. The summed E-state index contributed by atoms with van der Waals surface area (Å²) in [5.74, 6) is 0.565. The molecule has 3 aromatic rings. The fourth-order valence-corrected chi connectivity index (χ4v) is 5.35. The van der Waals surface area contributed by atoms with Crippen LogP contribution >= 0.6 is 11.3 Å². The molecule has 4 heterocycles. The lowest BCUT2D eigenvalue weighted by molar-refractivity contribution is -0.136. The molecule has 0 aliphatic carbocycles. The third-order valence-corrected chi connectivity index (χ3v) is 6.76. The van der Waals surface area contributed by atoms with E-state index in [4.69, 9.17) is 9.40 Å². The normalized spacial score (nSPS) is 22.5. The van der Waals surface area contributed by atoms with E-state index >= 15 is 0 Å².